The number of unbranched alkanes of at least 4 members (excludes halogenated alkanes) is 1. The van der Waals surface area contributed by atoms with Crippen LogP contribution in [-0.4, -0.2) is 5.16 Å². The van der Waals surface area contributed by atoms with Crippen LogP contribution >= 0.6 is 0 Å². The van der Waals surface area contributed by atoms with Gasteiger partial charge in [0.2, 0.25) is 5.89 Å². The maximum absolute atomic E-state index is 10.5. The number of hydrogen-bond acceptors (Lipinski definition) is 4. The lowest BCUT2D eigenvalue weighted by atomic mass is 10.1. The summed E-state index contributed by atoms with van der Waals surface area (Å²) in [5.74, 6) is -0.337. The summed E-state index contributed by atoms with van der Waals surface area (Å²) in [5.41, 5.74) is 1.32. The lowest BCUT2D eigenvalue weighted by molar-refractivity contribution is 0.334. The van der Waals surface area contributed by atoms with Gasteiger partial charge in [0, 0.05) is 6.42 Å². The van der Waals surface area contributed by atoms with E-state index >= 15 is 0 Å². The van der Waals surface area contributed by atoms with Crippen LogP contribution in [0.2, 0.25) is 0 Å². The Bertz CT molecular complexity index is 472. The molecule has 0 unspecified atom stereocenters. The fourth-order valence-corrected chi connectivity index (χ4v) is 1.57. The number of hydrogen-bond donors (Lipinski definition) is 0. The zero-order chi connectivity index (χ0) is 11.2. The molecule has 0 fully saturated rings. The molecule has 0 aliphatic carbocycles. The SMILES string of the molecule is O=c1onc(CCCCc2ccccc2)o1. The molecule has 16 heavy (non-hydrogen) atoms. The van der Waals surface area contributed by atoms with Gasteiger partial charge >= 0.3 is 5.82 Å². The van der Waals surface area contributed by atoms with E-state index in [1.807, 2.05) is 18.2 Å². The van der Waals surface area contributed by atoms with E-state index in [-0.39, 0.29) is 0 Å². The fourth-order valence-electron chi connectivity index (χ4n) is 1.57. The quantitative estimate of drug-likeness (QED) is 0.723. The van der Waals surface area contributed by atoms with Gasteiger partial charge in [-0.25, -0.2) is 4.79 Å². The summed E-state index contributed by atoms with van der Waals surface area (Å²) in [6.07, 6.45) is 3.66. The molecular weight excluding hydrogens is 206 g/mol. The van der Waals surface area contributed by atoms with Crippen LogP contribution in [0.25, 0.3) is 0 Å². The molecule has 0 aliphatic heterocycles. The highest BCUT2D eigenvalue weighted by atomic mass is 16.6. The van der Waals surface area contributed by atoms with Crippen molar-refractivity contribution in [2.75, 3.05) is 0 Å². The first-order valence-corrected chi connectivity index (χ1v) is 5.34. The molecule has 0 bridgehead atoms. The standard InChI is InChI=1S/C12H13NO3/c14-12-15-11(13-16-12)9-5-4-8-10-6-2-1-3-7-10/h1-3,6-7H,4-5,8-9H2. The predicted molar refractivity (Wildman–Crippen MR) is 58.1 cm³/mol. The monoisotopic (exact) mass is 219 g/mol. The first-order chi connectivity index (χ1) is 7.84. The highest BCUT2D eigenvalue weighted by molar-refractivity contribution is 5.14. The Kier molecular flexibility index (Phi) is 3.53. The number of aryl methyl sites for hydroxylation is 2. The van der Waals surface area contributed by atoms with E-state index in [0.717, 1.165) is 19.3 Å². The van der Waals surface area contributed by atoms with Crippen LogP contribution in [-0.2, 0) is 12.8 Å². The molecule has 1 aromatic carbocycles. The molecule has 0 amide bonds. The molecule has 1 aromatic heterocycles. The van der Waals surface area contributed by atoms with Crippen molar-refractivity contribution in [2.24, 2.45) is 0 Å². The number of benzene rings is 1. The number of nitrogens with zero attached hydrogens (tertiary/aromatic N) is 1. The summed E-state index contributed by atoms with van der Waals surface area (Å²) in [4.78, 5) is 10.5. The second-order valence-corrected chi connectivity index (χ2v) is 3.62. The Morgan fingerprint density at radius 3 is 2.50 bits per heavy atom. The average Bonchev–Trinajstić information content (AvgIpc) is 2.72. The van der Waals surface area contributed by atoms with Crippen molar-refractivity contribution in [3.05, 3.63) is 52.4 Å². The van der Waals surface area contributed by atoms with Gasteiger partial charge in [-0.1, -0.05) is 30.3 Å². The van der Waals surface area contributed by atoms with Gasteiger partial charge in [0.1, 0.15) is 0 Å². The number of rotatable bonds is 5. The first kappa shape index (κ1) is 10.7. The Morgan fingerprint density at radius 1 is 1.06 bits per heavy atom. The maximum Gasteiger partial charge on any atom is 0.542 e. The van der Waals surface area contributed by atoms with Crippen molar-refractivity contribution in [3.63, 3.8) is 0 Å². The Labute approximate surface area is 92.9 Å². The van der Waals surface area contributed by atoms with E-state index in [4.69, 9.17) is 4.42 Å². The molecule has 0 radical (unpaired) electrons. The summed E-state index contributed by atoms with van der Waals surface area (Å²) in [5, 5.41) is 3.51. The van der Waals surface area contributed by atoms with Gasteiger partial charge in [-0.2, -0.15) is 0 Å². The van der Waals surface area contributed by atoms with Crippen molar-refractivity contribution in [1.82, 2.24) is 5.16 Å². The van der Waals surface area contributed by atoms with Crippen LogP contribution in [0, 0.1) is 0 Å². The lowest BCUT2D eigenvalue weighted by Crippen LogP contribution is -1.90. The Balaban J connectivity index is 1.71. The molecule has 2 rings (SSSR count). The van der Waals surface area contributed by atoms with Gasteiger partial charge in [-0.3, -0.25) is 4.52 Å². The highest BCUT2D eigenvalue weighted by Gasteiger charge is 2.02. The van der Waals surface area contributed by atoms with E-state index in [0.29, 0.717) is 12.3 Å². The molecule has 0 aliphatic rings. The molecule has 1 heterocycles. The first-order valence-electron chi connectivity index (χ1n) is 5.34. The molecule has 4 nitrogen and oxygen atoms in total. The van der Waals surface area contributed by atoms with E-state index < -0.39 is 5.82 Å². The second kappa shape index (κ2) is 5.30. The molecule has 0 saturated heterocycles. The van der Waals surface area contributed by atoms with Gasteiger partial charge in [-0.15, -0.1) is 0 Å². The van der Waals surface area contributed by atoms with E-state index in [2.05, 4.69) is 21.8 Å². The third-order valence-electron chi connectivity index (χ3n) is 2.37. The predicted octanol–water partition coefficient (Wildman–Crippen LogP) is 2.19. The van der Waals surface area contributed by atoms with E-state index in [1.54, 1.807) is 0 Å². The normalized spacial score (nSPS) is 10.5. The number of aromatic nitrogens is 1. The zero-order valence-corrected chi connectivity index (χ0v) is 8.89. The summed E-state index contributed by atoms with van der Waals surface area (Å²) >= 11 is 0. The van der Waals surface area contributed by atoms with Crippen LogP contribution in [0.3, 0.4) is 0 Å². The minimum Gasteiger partial charge on any atom is -0.375 e. The molecule has 84 valence electrons. The molecule has 0 saturated carbocycles. The molecular formula is C12H13NO3. The van der Waals surface area contributed by atoms with Crippen LogP contribution in [0.1, 0.15) is 24.3 Å². The van der Waals surface area contributed by atoms with E-state index in [1.165, 1.54) is 5.56 Å². The third-order valence-corrected chi connectivity index (χ3v) is 2.37. The smallest absolute Gasteiger partial charge is 0.375 e. The highest BCUT2D eigenvalue weighted by Crippen LogP contribution is 2.06. The van der Waals surface area contributed by atoms with Gasteiger partial charge < -0.3 is 4.42 Å². The van der Waals surface area contributed by atoms with Crippen LogP contribution in [0.4, 0.5) is 0 Å². The van der Waals surface area contributed by atoms with Crippen molar-refractivity contribution in [2.45, 2.75) is 25.7 Å². The largest absolute Gasteiger partial charge is 0.542 e. The van der Waals surface area contributed by atoms with Crippen LogP contribution in [0.5, 0.6) is 0 Å². The minimum atomic E-state index is -0.724. The zero-order valence-electron chi connectivity index (χ0n) is 8.89. The summed E-state index contributed by atoms with van der Waals surface area (Å²) in [6.45, 7) is 0. The topological polar surface area (TPSA) is 56.2 Å². The fraction of sp³-hybridized carbons (Fsp3) is 0.333. The summed E-state index contributed by atoms with van der Waals surface area (Å²) < 4.78 is 9.01. The minimum absolute atomic E-state index is 0.387. The van der Waals surface area contributed by atoms with Gasteiger partial charge in [0.25, 0.3) is 0 Å². The van der Waals surface area contributed by atoms with Crippen molar-refractivity contribution >= 4 is 0 Å². The maximum atomic E-state index is 10.5. The van der Waals surface area contributed by atoms with Gasteiger partial charge in [0.15, 0.2) is 0 Å². The van der Waals surface area contributed by atoms with Crippen molar-refractivity contribution in [3.8, 4) is 0 Å². The van der Waals surface area contributed by atoms with Crippen molar-refractivity contribution < 1.29 is 8.94 Å². The van der Waals surface area contributed by atoms with Crippen LogP contribution in [0.15, 0.2) is 44.1 Å². The van der Waals surface area contributed by atoms with Gasteiger partial charge in [0.05, 0.1) is 0 Å². The molecule has 0 spiro atoms. The van der Waals surface area contributed by atoms with E-state index in [9.17, 15) is 4.79 Å². The molecule has 0 N–H and O–H groups in total. The van der Waals surface area contributed by atoms with Crippen LogP contribution < -0.4 is 5.82 Å². The lowest BCUT2D eigenvalue weighted by Gasteiger charge is -1.98. The average molecular weight is 219 g/mol. The Morgan fingerprint density at radius 2 is 1.81 bits per heavy atom. The second-order valence-electron chi connectivity index (χ2n) is 3.62. The van der Waals surface area contributed by atoms with Gasteiger partial charge in [-0.05, 0) is 30.0 Å². The summed E-state index contributed by atoms with van der Waals surface area (Å²) in [7, 11) is 0. The summed E-state index contributed by atoms with van der Waals surface area (Å²) in [6, 6.07) is 10.3. The third kappa shape index (κ3) is 3.08. The van der Waals surface area contributed by atoms with Crippen molar-refractivity contribution in [1.29, 1.82) is 0 Å². The molecule has 0 atom stereocenters. The Hall–Kier alpha value is -1.84. The molecule has 2 aromatic rings. The molecule has 4 heteroatoms.